The van der Waals surface area contributed by atoms with Gasteiger partial charge in [0.1, 0.15) is 11.5 Å². The van der Waals surface area contributed by atoms with Crippen molar-refractivity contribution in [1.82, 2.24) is 0 Å². The summed E-state index contributed by atoms with van der Waals surface area (Å²) in [4.78, 5) is 0. The Balaban J connectivity index is 1.81. The van der Waals surface area contributed by atoms with Gasteiger partial charge >= 0.3 is 0 Å². The van der Waals surface area contributed by atoms with Gasteiger partial charge in [-0.2, -0.15) is 0 Å². The van der Waals surface area contributed by atoms with Crippen LogP contribution in [0.4, 0.5) is 0 Å². The molecule has 0 spiro atoms. The number of hydrogen-bond donors (Lipinski definition) is 2. The second-order valence-electron chi connectivity index (χ2n) is 8.51. The van der Waals surface area contributed by atoms with Crippen molar-refractivity contribution in [3.05, 3.63) is 92.5 Å². The predicted octanol–water partition coefficient (Wildman–Crippen LogP) is 7.67. The Morgan fingerprint density at radius 2 is 1.23 bits per heavy atom. The van der Waals surface area contributed by atoms with E-state index in [2.05, 4.69) is 30.3 Å². The lowest BCUT2D eigenvalue weighted by Gasteiger charge is -2.42. The number of rotatable bonds is 3. The Morgan fingerprint density at radius 3 is 1.67 bits per heavy atom. The monoisotopic (exact) mass is 440 g/mol. The average Bonchev–Trinajstić information content (AvgIpc) is 2.75. The first kappa shape index (κ1) is 21.1. The van der Waals surface area contributed by atoms with Crippen molar-refractivity contribution >= 4 is 23.2 Å². The van der Waals surface area contributed by atoms with E-state index in [1.54, 1.807) is 0 Å². The van der Waals surface area contributed by atoms with Gasteiger partial charge in [0, 0.05) is 5.41 Å². The minimum atomic E-state index is -0.268. The Labute approximate surface area is 188 Å². The third kappa shape index (κ3) is 3.68. The lowest BCUT2D eigenvalue weighted by atomic mass is 9.62. The van der Waals surface area contributed by atoms with E-state index < -0.39 is 0 Å². The fourth-order valence-corrected chi connectivity index (χ4v) is 5.47. The lowest BCUT2D eigenvalue weighted by Crippen LogP contribution is -2.33. The molecule has 30 heavy (non-hydrogen) atoms. The topological polar surface area (TPSA) is 40.5 Å². The molecule has 2 nitrogen and oxygen atoms in total. The number of phenolic OH excluding ortho intramolecular Hbond substituents is 2. The number of aryl methyl sites for hydroxylation is 2. The maximum absolute atomic E-state index is 10.2. The zero-order chi connectivity index (χ0) is 21.5. The smallest absolute Gasteiger partial charge is 0.137 e. The van der Waals surface area contributed by atoms with E-state index in [1.165, 1.54) is 5.56 Å². The van der Waals surface area contributed by atoms with E-state index >= 15 is 0 Å². The minimum absolute atomic E-state index is 0.133. The summed E-state index contributed by atoms with van der Waals surface area (Å²) in [6.45, 7) is 3.76. The standard InChI is InChI=1S/C26H26Cl2O2/c1-16-12-20(14-22(27)24(16)29)26(21-13-17(2)25(30)23(28)15-21)10-8-19(9-11-26)18-6-4-3-5-7-18/h3-7,12-15,19,29-30H,8-11H2,1-2H3. The molecule has 0 aromatic heterocycles. The van der Waals surface area contributed by atoms with Crippen molar-refractivity contribution < 1.29 is 10.2 Å². The molecule has 1 saturated carbocycles. The zero-order valence-corrected chi connectivity index (χ0v) is 18.8. The highest BCUT2D eigenvalue weighted by Crippen LogP contribution is 2.51. The highest BCUT2D eigenvalue weighted by molar-refractivity contribution is 6.32. The van der Waals surface area contributed by atoms with Gasteiger partial charge in [-0.1, -0.05) is 65.7 Å². The van der Waals surface area contributed by atoms with Crippen LogP contribution in [-0.2, 0) is 5.41 Å². The molecule has 0 atom stereocenters. The molecule has 0 aliphatic heterocycles. The molecule has 1 aliphatic carbocycles. The van der Waals surface area contributed by atoms with Gasteiger partial charge in [0.2, 0.25) is 0 Å². The molecule has 0 bridgehead atoms. The van der Waals surface area contributed by atoms with Crippen molar-refractivity contribution in [2.24, 2.45) is 0 Å². The molecule has 4 heteroatoms. The van der Waals surface area contributed by atoms with Crippen LogP contribution in [0.5, 0.6) is 11.5 Å². The Bertz CT molecular complexity index is 962. The van der Waals surface area contributed by atoms with Crippen LogP contribution in [0.3, 0.4) is 0 Å². The van der Waals surface area contributed by atoms with E-state index in [-0.39, 0.29) is 16.9 Å². The van der Waals surface area contributed by atoms with Gasteiger partial charge in [0.25, 0.3) is 0 Å². The highest BCUT2D eigenvalue weighted by atomic mass is 35.5. The number of hydrogen-bond acceptors (Lipinski definition) is 2. The first-order valence-electron chi connectivity index (χ1n) is 10.4. The molecule has 0 unspecified atom stereocenters. The van der Waals surface area contributed by atoms with E-state index in [0.29, 0.717) is 16.0 Å². The Hall–Kier alpha value is -2.16. The predicted molar refractivity (Wildman–Crippen MR) is 124 cm³/mol. The quantitative estimate of drug-likeness (QED) is 0.438. The molecular weight excluding hydrogens is 415 g/mol. The second kappa shape index (κ2) is 8.17. The molecular formula is C26H26Cl2O2. The second-order valence-corrected chi connectivity index (χ2v) is 9.33. The molecule has 1 fully saturated rings. The van der Waals surface area contributed by atoms with E-state index in [9.17, 15) is 10.2 Å². The molecule has 0 saturated heterocycles. The van der Waals surface area contributed by atoms with Crippen LogP contribution in [0.15, 0.2) is 54.6 Å². The van der Waals surface area contributed by atoms with Crippen LogP contribution in [0, 0.1) is 13.8 Å². The summed E-state index contributed by atoms with van der Waals surface area (Å²) in [5.41, 5.74) is 4.83. The van der Waals surface area contributed by atoms with Gasteiger partial charge in [-0.15, -0.1) is 0 Å². The molecule has 2 N–H and O–H groups in total. The van der Waals surface area contributed by atoms with Gasteiger partial charge in [-0.05, 0) is 85.4 Å². The van der Waals surface area contributed by atoms with Crippen LogP contribution in [0.25, 0.3) is 0 Å². The SMILES string of the molecule is Cc1cc(C2(c3cc(C)c(O)c(Cl)c3)CCC(c3ccccc3)CC2)cc(Cl)c1O. The zero-order valence-electron chi connectivity index (χ0n) is 17.3. The van der Waals surface area contributed by atoms with Crippen LogP contribution in [-0.4, -0.2) is 10.2 Å². The van der Waals surface area contributed by atoms with E-state index in [0.717, 1.165) is 47.9 Å². The molecule has 0 heterocycles. The summed E-state index contributed by atoms with van der Waals surface area (Å²) < 4.78 is 0. The average molecular weight is 441 g/mol. The largest absolute Gasteiger partial charge is 0.506 e. The highest BCUT2D eigenvalue weighted by Gasteiger charge is 2.40. The van der Waals surface area contributed by atoms with E-state index in [4.69, 9.17) is 23.2 Å². The first-order valence-corrected chi connectivity index (χ1v) is 11.1. The van der Waals surface area contributed by atoms with Crippen LogP contribution >= 0.6 is 23.2 Å². The van der Waals surface area contributed by atoms with Crippen molar-refractivity contribution in [3.63, 3.8) is 0 Å². The molecule has 3 aromatic carbocycles. The van der Waals surface area contributed by atoms with Crippen molar-refractivity contribution in [3.8, 4) is 11.5 Å². The Morgan fingerprint density at radius 1 is 0.767 bits per heavy atom. The van der Waals surface area contributed by atoms with Gasteiger partial charge in [0.05, 0.1) is 10.0 Å². The van der Waals surface area contributed by atoms with Gasteiger partial charge in [-0.3, -0.25) is 0 Å². The molecule has 156 valence electrons. The lowest BCUT2D eigenvalue weighted by molar-refractivity contribution is 0.314. The van der Waals surface area contributed by atoms with Crippen LogP contribution in [0.1, 0.15) is 59.4 Å². The molecule has 3 aromatic rings. The van der Waals surface area contributed by atoms with Gasteiger partial charge in [-0.25, -0.2) is 0 Å². The van der Waals surface area contributed by atoms with Crippen LogP contribution in [0.2, 0.25) is 10.0 Å². The molecule has 0 amide bonds. The molecule has 0 radical (unpaired) electrons. The minimum Gasteiger partial charge on any atom is -0.506 e. The summed E-state index contributed by atoms with van der Waals surface area (Å²) in [7, 11) is 0. The van der Waals surface area contributed by atoms with Crippen LogP contribution < -0.4 is 0 Å². The number of halogens is 2. The fourth-order valence-electron chi connectivity index (χ4n) is 4.94. The number of phenols is 2. The maximum atomic E-state index is 10.2. The third-order valence-corrected chi connectivity index (χ3v) is 7.30. The first-order chi connectivity index (χ1) is 14.3. The maximum Gasteiger partial charge on any atom is 0.137 e. The fraction of sp³-hybridized carbons (Fsp3) is 0.308. The van der Waals surface area contributed by atoms with Crippen molar-refractivity contribution in [1.29, 1.82) is 0 Å². The van der Waals surface area contributed by atoms with E-state index in [1.807, 2.05) is 38.1 Å². The Kier molecular flexibility index (Phi) is 5.74. The summed E-state index contributed by atoms with van der Waals surface area (Å²) in [5, 5.41) is 21.2. The summed E-state index contributed by atoms with van der Waals surface area (Å²) >= 11 is 12.8. The molecule has 4 rings (SSSR count). The summed E-state index contributed by atoms with van der Waals surface area (Å²) in [6, 6.07) is 18.5. The number of aromatic hydroxyl groups is 2. The number of benzene rings is 3. The summed E-state index contributed by atoms with van der Waals surface area (Å²) in [5.74, 6) is 0.781. The van der Waals surface area contributed by atoms with Crippen molar-refractivity contribution in [2.45, 2.75) is 50.9 Å². The molecule has 1 aliphatic rings. The van der Waals surface area contributed by atoms with Gasteiger partial charge < -0.3 is 10.2 Å². The van der Waals surface area contributed by atoms with Gasteiger partial charge in [0.15, 0.2) is 0 Å². The third-order valence-electron chi connectivity index (χ3n) is 6.72. The van der Waals surface area contributed by atoms with Crippen molar-refractivity contribution in [2.75, 3.05) is 0 Å². The normalized spacial score (nSPS) is 16.5. The summed E-state index contributed by atoms with van der Waals surface area (Å²) in [6.07, 6.45) is 3.96.